The maximum absolute atomic E-state index is 13.6. The maximum atomic E-state index is 13.6. The van der Waals surface area contributed by atoms with Gasteiger partial charge in [0.25, 0.3) is 0 Å². The first-order valence-corrected chi connectivity index (χ1v) is 4.83. The Kier molecular flexibility index (Phi) is 2.70. The molecule has 0 saturated heterocycles. The largest absolute Gasteiger partial charge is 0.454 e. The Morgan fingerprint density at radius 2 is 2.40 bits per heavy atom. The number of rotatable bonds is 2. The molecule has 0 fully saturated rings. The monoisotopic (exact) mass is 273 g/mol. The van der Waals surface area contributed by atoms with E-state index in [0.29, 0.717) is 11.5 Å². The number of halogens is 2. The van der Waals surface area contributed by atoms with E-state index in [9.17, 15) is 9.18 Å². The number of fused-ring (bicyclic) bond motifs is 1. The van der Waals surface area contributed by atoms with Gasteiger partial charge in [0.2, 0.25) is 12.9 Å². The van der Waals surface area contributed by atoms with E-state index in [-0.39, 0.29) is 23.4 Å². The van der Waals surface area contributed by atoms with Crippen molar-refractivity contribution < 1.29 is 18.7 Å². The third kappa shape index (κ3) is 1.73. The van der Waals surface area contributed by atoms with Crippen LogP contribution >= 0.6 is 15.9 Å². The molecular weight excluding hydrogens is 269 g/mol. The summed E-state index contributed by atoms with van der Waals surface area (Å²) in [5, 5.41) is 0. The highest BCUT2D eigenvalue weighted by Crippen LogP contribution is 2.40. The number of hydrogen-bond acceptors (Lipinski definition) is 4. The van der Waals surface area contributed by atoms with Gasteiger partial charge in [-0.1, -0.05) is 0 Å². The van der Waals surface area contributed by atoms with Crippen LogP contribution in [0.15, 0.2) is 15.5 Å². The molecule has 1 heterocycles. The molecule has 78 valence electrons. The summed E-state index contributed by atoms with van der Waals surface area (Å²) in [6.07, 6.45) is 1.35. The number of benzene rings is 1. The normalized spacial score (nSPS) is 12.4. The summed E-state index contributed by atoms with van der Waals surface area (Å²) in [5.41, 5.74) is 0.195. The third-order valence-corrected chi connectivity index (χ3v) is 2.53. The van der Waals surface area contributed by atoms with Crippen LogP contribution < -0.4 is 9.47 Å². The average molecular weight is 274 g/mol. The molecule has 6 heteroatoms. The van der Waals surface area contributed by atoms with Crippen LogP contribution in [0.1, 0.15) is 5.56 Å². The van der Waals surface area contributed by atoms with Gasteiger partial charge < -0.3 is 9.47 Å². The fraction of sp³-hybridized carbons (Fsp3) is 0.222. The van der Waals surface area contributed by atoms with E-state index in [4.69, 9.17) is 9.47 Å². The highest BCUT2D eigenvalue weighted by Gasteiger charge is 2.23. The molecule has 1 aliphatic rings. The van der Waals surface area contributed by atoms with Gasteiger partial charge in [0.1, 0.15) is 5.82 Å². The molecule has 2 rings (SSSR count). The zero-order chi connectivity index (χ0) is 10.8. The number of hydrogen-bond donors (Lipinski definition) is 0. The highest BCUT2D eigenvalue weighted by molar-refractivity contribution is 9.10. The lowest BCUT2D eigenvalue weighted by Gasteiger charge is -2.05. The molecule has 0 unspecified atom stereocenters. The molecule has 0 atom stereocenters. The quantitative estimate of drug-likeness (QED) is 0.613. The molecule has 1 aromatic rings. The van der Waals surface area contributed by atoms with Gasteiger partial charge in [0.15, 0.2) is 11.5 Å². The van der Waals surface area contributed by atoms with Crippen LogP contribution in [-0.4, -0.2) is 12.9 Å². The van der Waals surface area contributed by atoms with E-state index in [1.807, 2.05) is 0 Å². The molecule has 0 radical (unpaired) electrons. The molecule has 0 N–H and O–H groups in total. The second kappa shape index (κ2) is 4.00. The minimum Gasteiger partial charge on any atom is -0.454 e. The van der Waals surface area contributed by atoms with Crippen molar-refractivity contribution in [1.29, 1.82) is 0 Å². The number of nitrogens with zero attached hydrogens (tertiary/aromatic N) is 1. The van der Waals surface area contributed by atoms with E-state index >= 15 is 0 Å². The van der Waals surface area contributed by atoms with Gasteiger partial charge in [-0.05, 0) is 15.9 Å². The Balaban J connectivity index is 2.54. The molecular formula is C9H5BrFNO3. The van der Waals surface area contributed by atoms with Crippen molar-refractivity contribution in [2.24, 2.45) is 4.99 Å². The maximum Gasteiger partial charge on any atom is 0.235 e. The van der Waals surface area contributed by atoms with E-state index < -0.39 is 5.82 Å². The molecule has 1 aliphatic heterocycles. The third-order valence-electron chi connectivity index (χ3n) is 1.95. The lowest BCUT2D eigenvalue weighted by Crippen LogP contribution is -1.96. The Hall–Kier alpha value is -1.39. The zero-order valence-corrected chi connectivity index (χ0v) is 9.01. The minimum absolute atomic E-state index is 0.0447. The Bertz CT molecular complexity index is 457. The van der Waals surface area contributed by atoms with E-state index in [1.54, 1.807) is 0 Å². The average Bonchev–Trinajstić information content (AvgIpc) is 2.66. The number of isocyanates is 1. The van der Waals surface area contributed by atoms with Crippen LogP contribution in [0.3, 0.4) is 0 Å². The van der Waals surface area contributed by atoms with Crippen molar-refractivity contribution in [1.82, 2.24) is 0 Å². The van der Waals surface area contributed by atoms with E-state index in [0.717, 1.165) is 0 Å². The lowest BCUT2D eigenvalue weighted by molar-refractivity contribution is 0.173. The fourth-order valence-corrected chi connectivity index (χ4v) is 1.75. The SMILES string of the molecule is O=C=NCc1c(F)c(Br)cc2c1OCO2. The Morgan fingerprint density at radius 1 is 1.60 bits per heavy atom. The number of ether oxygens (including phenoxy) is 2. The van der Waals surface area contributed by atoms with Crippen molar-refractivity contribution in [2.45, 2.75) is 6.54 Å². The number of carbonyl (C=O) groups excluding carboxylic acids is 1. The second-order valence-electron chi connectivity index (χ2n) is 2.79. The van der Waals surface area contributed by atoms with Crippen molar-refractivity contribution in [3.8, 4) is 11.5 Å². The number of aliphatic imine (C=N–C) groups is 1. The van der Waals surface area contributed by atoms with E-state index in [1.165, 1.54) is 12.1 Å². The first-order chi connectivity index (χ1) is 7.24. The summed E-state index contributed by atoms with van der Waals surface area (Å²) < 4.78 is 24.0. The molecule has 4 nitrogen and oxygen atoms in total. The van der Waals surface area contributed by atoms with Crippen LogP contribution in [0.2, 0.25) is 0 Å². The molecule has 0 saturated carbocycles. The van der Waals surface area contributed by atoms with Crippen LogP contribution in [0, 0.1) is 5.82 Å². The first kappa shape index (κ1) is 10.1. The van der Waals surface area contributed by atoms with Gasteiger partial charge in [-0.2, -0.15) is 0 Å². The van der Waals surface area contributed by atoms with Crippen molar-refractivity contribution in [3.63, 3.8) is 0 Å². The van der Waals surface area contributed by atoms with Gasteiger partial charge in [-0.15, -0.1) is 0 Å². The summed E-state index contributed by atoms with van der Waals surface area (Å²) in [5.74, 6) is 0.243. The Labute approximate surface area is 92.8 Å². The second-order valence-corrected chi connectivity index (χ2v) is 3.65. The summed E-state index contributed by atoms with van der Waals surface area (Å²) in [7, 11) is 0. The van der Waals surface area contributed by atoms with Crippen molar-refractivity contribution in [2.75, 3.05) is 6.79 Å². The summed E-state index contributed by atoms with van der Waals surface area (Å²) in [6, 6.07) is 1.48. The predicted octanol–water partition coefficient (Wildman–Crippen LogP) is 2.15. The molecule has 15 heavy (non-hydrogen) atoms. The molecule has 0 aliphatic carbocycles. The summed E-state index contributed by atoms with van der Waals surface area (Å²) in [6.45, 7) is -0.0660. The highest BCUT2D eigenvalue weighted by atomic mass is 79.9. The molecule has 1 aromatic carbocycles. The zero-order valence-electron chi connectivity index (χ0n) is 7.42. The van der Waals surface area contributed by atoms with Gasteiger partial charge in [-0.3, -0.25) is 0 Å². The van der Waals surface area contributed by atoms with Crippen molar-refractivity contribution >= 4 is 22.0 Å². The van der Waals surface area contributed by atoms with Crippen LogP contribution in [0.4, 0.5) is 4.39 Å². The fourth-order valence-electron chi connectivity index (χ4n) is 1.31. The van der Waals surface area contributed by atoms with Gasteiger partial charge in [0.05, 0.1) is 16.6 Å². The molecule has 0 spiro atoms. The molecule has 0 bridgehead atoms. The smallest absolute Gasteiger partial charge is 0.235 e. The van der Waals surface area contributed by atoms with Crippen LogP contribution in [0.25, 0.3) is 0 Å². The first-order valence-electron chi connectivity index (χ1n) is 4.04. The van der Waals surface area contributed by atoms with Gasteiger partial charge in [-0.25, -0.2) is 14.2 Å². The molecule has 0 aromatic heterocycles. The van der Waals surface area contributed by atoms with Crippen LogP contribution in [0.5, 0.6) is 11.5 Å². The van der Waals surface area contributed by atoms with Crippen molar-refractivity contribution in [3.05, 3.63) is 21.9 Å². The van der Waals surface area contributed by atoms with E-state index in [2.05, 4.69) is 20.9 Å². The topological polar surface area (TPSA) is 47.9 Å². The van der Waals surface area contributed by atoms with Gasteiger partial charge >= 0.3 is 0 Å². The Morgan fingerprint density at radius 3 is 3.13 bits per heavy atom. The summed E-state index contributed by atoms with van der Waals surface area (Å²) >= 11 is 3.04. The standard InChI is InChI=1S/C9H5BrFNO3/c10-6-1-7-9(15-4-14-7)5(8(6)11)2-12-3-13/h1H,2,4H2. The van der Waals surface area contributed by atoms with Gasteiger partial charge in [0, 0.05) is 6.07 Å². The minimum atomic E-state index is -0.502. The predicted molar refractivity (Wildman–Crippen MR) is 52.0 cm³/mol. The lowest BCUT2D eigenvalue weighted by atomic mass is 10.1. The summed E-state index contributed by atoms with van der Waals surface area (Å²) in [4.78, 5) is 13.3. The molecule has 0 amide bonds. The van der Waals surface area contributed by atoms with Crippen LogP contribution in [-0.2, 0) is 11.3 Å².